The van der Waals surface area contributed by atoms with Gasteiger partial charge in [-0.2, -0.15) is 0 Å². The minimum absolute atomic E-state index is 0.0147. The van der Waals surface area contributed by atoms with E-state index in [9.17, 15) is 4.79 Å². The van der Waals surface area contributed by atoms with Crippen LogP contribution in [-0.2, 0) is 14.3 Å². The minimum Gasteiger partial charge on any atom is -0.491 e. The van der Waals surface area contributed by atoms with Crippen LogP contribution in [0.3, 0.4) is 0 Å². The minimum atomic E-state index is -0.0147. The number of hydrogen-bond donors (Lipinski definition) is 2. The van der Waals surface area contributed by atoms with E-state index in [-0.39, 0.29) is 11.9 Å². The van der Waals surface area contributed by atoms with Crippen molar-refractivity contribution in [3.8, 4) is 5.75 Å². The second-order valence-corrected chi connectivity index (χ2v) is 5.30. The van der Waals surface area contributed by atoms with Crippen molar-refractivity contribution in [1.82, 2.24) is 5.32 Å². The standard InChI is InChI=1S/C16H24N2O4/c1-12-9-14(22-8-7-20-2)3-4-15(12)18-16(19)10-13-11-21-6-5-17-13/h3-4,9,13,17H,5-8,10-11H2,1-2H3,(H,18,19). The summed E-state index contributed by atoms with van der Waals surface area (Å²) in [5.74, 6) is 0.758. The van der Waals surface area contributed by atoms with Gasteiger partial charge in [0.25, 0.3) is 0 Å². The highest BCUT2D eigenvalue weighted by molar-refractivity contribution is 5.92. The summed E-state index contributed by atoms with van der Waals surface area (Å²) in [5.41, 5.74) is 1.77. The second kappa shape index (κ2) is 8.73. The summed E-state index contributed by atoms with van der Waals surface area (Å²) in [7, 11) is 1.64. The number of hydrogen-bond acceptors (Lipinski definition) is 5. The summed E-state index contributed by atoms with van der Waals surface area (Å²) in [6.07, 6.45) is 0.408. The smallest absolute Gasteiger partial charge is 0.226 e. The van der Waals surface area contributed by atoms with E-state index < -0.39 is 0 Å². The Morgan fingerprint density at radius 3 is 3.00 bits per heavy atom. The number of morpholine rings is 1. The van der Waals surface area contributed by atoms with Crippen LogP contribution in [0.2, 0.25) is 0 Å². The Hall–Kier alpha value is -1.63. The molecule has 1 fully saturated rings. The zero-order valence-electron chi connectivity index (χ0n) is 13.2. The Labute approximate surface area is 131 Å². The molecule has 0 bridgehead atoms. The van der Waals surface area contributed by atoms with Crippen molar-refractivity contribution in [2.45, 2.75) is 19.4 Å². The lowest BCUT2D eigenvalue weighted by molar-refractivity contribution is -0.117. The fourth-order valence-electron chi connectivity index (χ4n) is 2.28. The summed E-state index contributed by atoms with van der Waals surface area (Å²) in [5, 5.41) is 6.21. The van der Waals surface area contributed by atoms with Gasteiger partial charge in [0.15, 0.2) is 0 Å². The molecule has 1 aromatic rings. The predicted molar refractivity (Wildman–Crippen MR) is 84.4 cm³/mol. The van der Waals surface area contributed by atoms with Crippen molar-refractivity contribution < 1.29 is 19.0 Å². The molecule has 122 valence electrons. The molecule has 2 rings (SSSR count). The van der Waals surface area contributed by atoms with Crippen LogP contribution in [-0.4, -0.2) is 52.0 Å². The first-order chi connectivity index (χ1) is 10.7. The highest BCUT2D eigenvalue weighted by Crippen LogP contribution is 2.21. The average Bonchev–Trinajstić information content (AvgIpc) is 2.51. The molecule has 6 heteroatoms. The maximum atomic E-state index is 12.1. The third-order valence-electron chi connectivity index (χ3n) is 3.46. The zero-order chi connectivity index (χ0) is 15.8. The van der Waals surface area contributed by atoms with Gasteiger partial charge in [0.05, 0.1) is 19.8 Å². The van der Waals surface area contributed by atoms with E-state index >= 15 is 0 Å². The van der Waals surface area contributed by atoms with Gasteiger partial charge in [-0.3, -0.25) is 4.79 Å². The van der Waals surface area contributed by atoms with Gasteiger partial charge in [-0.15, -0.1) is 0 Å². The Morgan fingerprint density at radius 1 is 1.45 bits per heavy atom. The molecule has 2 N–H and O–H groups in total. The number of amides is 1. The molecule has 0 spiro atoms. The van der Waals surface area contributed by atoms with Crippen molar-refractivity contribution in [2.75, 3.05) is 45.4 Å². The summed E-state index contributed by atoms with van der Waals surface area (Å²) < 4.78 is 15.8. The molecule has 1 unspecified atom stereocenters. The van der Waals surface area contributed by atoms with Gasteiger partial charge in [0, 0.05) is 31.8 Å². The van der Waals surface area contributed by atoms with E-state index in [1.54, 1.807) is 7.11 Å². The molecule has 0 aromatic heterocycles. The molecular formula is C16H24N2O4. The Morgan fingerprint density at radius 2 is 2.32 bits per heavy atom. The second-order valence-electron chi connectivity index (χ2n) is 5.30. The topological polar surface area (TPSA) is 68.8 Å². The quantitative estimate of drug-likeness (QED) is 0.744. The summed E-state index contributed by atoms with van der Waals surface area (Å²) in [6, 6.07) is 5.71. The van der Waals surface area contributed by atoms with Gasteiger partial charge >= 0.3 is 0 Å². The first-order valence-corrected chi connectivity index (χ1v) is 7.52. The Kier molecular flexibility index (Phi) is 6.64. The van der Waals surface area contributed by atoms with Gasteiger partial charge in [0.2, 0.25) is 5.91 Å². The molecular weight excluding hydrogens is 284 g/mol. The maximum Gasteiger partial charge on any atom is 0.226 e. The van der Waals surface area contributed by atoms with Crippen LogP contribution in [0.1, 0.15) is 12.0 Å². The van der Waals surface area contributed by atoms with Crippen LogP contribution in [0, 0.1) is 6.92 Å². The SMILES string of the molecule is COCCOc1ccc(NC(=O)CC2COCCN2)c(C)c1. The molecule has 1 aliphatic rings. The van der Waals surface area contributed by atoms with Crippen molar-refractivity contribution in [1.29, 1.82) is 0 Å². The number of carbonyl (C=O) groups excluding carboxylic acids is 1. The number of ether oxygens (including phenoxy) is 3. The lowest BCUT2D eigenvalue weighted by Crippen LogP contribution is -2.43. The molecule has 22 heavy (non-hydrogen) atoms. The molecule has 1 atom stereocenters. The fraction of sp³-hybridized carbons (Fsp3) is 0.562. The number of carbonyl (C=O) groups is 1. The molecule has 1 heterocycles. The summed E-state index contributed by atoms with van der Waals surface area (Å²) >= 11 is 0. The van der Waals surface area contributed by atoms with Crippen LogP contribution >= 0.6 is 0 Å². The molecule has 0 aliphatic carbocycles. The number of benzene rings is 1. The van der Waals surface area contributed by atoms with Crippen LogP contribution in [0.4, 0.5) is 5.69 Å². The molecule has 6 nitrogen and oxygen atoms in total. The molecule has 1 aliphatic heterocycles. The van der Waals surface area contributed by atoms with Gasteiger partial charge in [-0.05, 0) is 30.7 Å². The van der Waals surface area contributed by atoms with E-state index in [4.69, 9.17) is 14.2 Å². The summed E-state index contributed by atoms with van der Waals surface area (Å²) in [6.45, 7) is 5.09. The average molecular weight is 308 g/mol. The fourth-order valence-corrected chi connectivity index (χ4v) is 2.28. The van der Waals surface area contributed by atoms with Crippen molar-refractivity contribution in [2.24, 2.45) is 0 Å². The van der Waals surface area contributed by atoms with Gasteiger partial charge in [0.1, 0.15) is 12.4 Å². The van der Waals surface area contributed by atoms with Crippen LogP contribution in [0.15, 0.2) is 18.2 Å². The predicted octanol–water partition coefficient (Wildman–Crippen LogP) is 1.34. The number of rotatable bonds is 7. The van der Waals surface area contributed by atoms with E-state index in [1.165, 1.54) is 0 Å². The monoisotopic (exact) mass is 308 g/mol. The Balaban J connectivity index is 1.84. The first-order valence-electron chi connectivity index (χ1n) is 7.52. The molecule has 1 saturated heterocycles. The lowest BCUT2D eigenvalue weighted by Gasteiger charge is -2.23. The maximum absolute atomic E-state index is 12.1. The van der Waals surface area contributed by atoms with Crippen molar-refractivity contribution in [3.05, 3.63) is 23.8 Å². The molecule has 0 saturated carbocycles. The van der Waals surface area contributed by atoms with E-state index in [2.05, 4.69) is 10.6 Å². The first kappa shape index (κ1) is 16.7. The number of nitrogens with one attached hydrogen (secondary N) is 2. The molecule has 0 radical (unpaired) electrons. The van der Waals surface area contributed by atoms with Crippen LogP contribution in [0.25, 0.3) is 0 Å². The largest absolute Gasteiger partial charge is 0.491 e. The van der Waals surface area contributed by atoms with Crippen LogP contribution < -0.4 is 15.4 Å². The van der Waals surface area contributed by atoms with Crippen molar-refractivity contribution in [3.63, 3.8) is 0 Å². The molecule has 1 amide bonds. The molecule has 1 aromatic carbocycles. The lowest BCUT2D eigenvalue weighted by atomic mass is 10.1. The number of aryl methyl sites for hydroxylation is 1. The highest BCUT2D eigenvalue weighted by Gasteiger charge is 2.17. The van der Waals surface area contributed by atoms with E-state index in [0.29, 0.717) is 32.8 Å². The van der Waals surface area contributed by atoms with E-state index in [0.717, 1.165) is 23.5 Å². The van der Waals surface area contributed by atoms with Crippen molar-refractivity contribution >= 4 is 11.6 Å². The van der Waals surface area contributed by atoms with E-state index in [1.807, 2.05) is 25.1 Å². The van der Waals surface area contributed by atoms with Crippen LogP contribution in [0.5, 0.6) is 5.75 Å². The van der Waals surface area contributed by atoms with Gasteiger partial charge in [-0.1, -0.05) is 0 Å². The normalized spacial score (nSPS) is 18.0. The third-order valence-corrected chi connectivity index (χ3v) is 3.46. The number of anilines is 1. The Bertz CT molecular complexity index is 487. The summed E-state index contributed by atoms with van der Waals surface area (Å²) in [4.78, 5) is 12.1. The third kappa shape index (κ3) is 5.29. The van der Waals surface area contributed by atoms with Gasteiger partial charge < -0.3 is 24.8 Å². The number of methoxy groups -OCH3 is 1. The highest BCUT2D eigenvalue weighted by atomic mass is 16.5. The van der Waals surface area contributed by atoms with Gasteiger partial charge in [-0.25, -0.2) is 0 Å². The zero-order valence-corrected chi connectivity index (χ0v) is 13.2.